The molecule has 12 N–H and O–H groups in total. The number of carbonyl (C=O) groups excluding carboxylic acids is 11. The molecule has 33 nitrogen and oxygen atoms in total. The number of amides is 10. The number of aliphatic hydroxyl groups is 2. The highest BCUT2D eigenvalue weighted by molar-refractivity contribution is 8.76. The molecule has 10 amide bonds. The van der Waals surface area contributed by atoms with Crippen LogP contribution in [0.25, 0.3) is 10.9 Å². The average molecular weight is 1760 g/mol. The third-order valence-electron chi connectivity index (χ3n) is 24.0. The molecule has 36 heteroatoms. The molecule has 1 unspecified atom stereocenters. The fourth-order valence-corrected chi connectivity index (χ4v) is 18.8. The number of epoxide rings is 1. The predicted molar refractivity (Wildman–Crippen MR) is 461 cm³/mol. The van der Waals surface area contributed by atoms with Crippen molar-refractivity contribution in [3.8, 4) is 11.5 Å². The zero-order chi connectivity index (χ0) is 88.8. The second kappa shape index (κ2) is 41.7. The van der Waals surface area contributed by atoms with Crippen molar-refractivity contribution >= 4 is 115 Å². The van der Waals surface area contributed by atoms with E-state index in [9.17, 15) is 53.7 Å². The number of para-hydroxylation sites is 1. The third kappa shape index (κ3) is 23.1. The van der Waals surface area contributed by atoms with Crippen LogP contribution >= 0.6 is 33.2 Å². The van der Waals surface area contributed by atoms with Gasteiger partial charge in [-0.2, -0.15) is 0 Å². The van der Waals surface area contributed by atoms with Crippen LogP contribution in [-0.2, 0) is 97.3 Å². The van der Waals surface area contributed by atoms with E-state index in [1.165, 1.54) is 73.9 Å². The molecule has 0 aliphatic carbocycles. The number of allylic oxidation sites excluding steroid dienone is 3. The number of nitrogens with one attached hydrogen (secondary N) is 7. The number of anilines is 1. The van der Waals surface area contributed by atoms with Gasteiger partial charge in [0.2, 0.25) is 59.4 Å². The number of nitrogens with two attached hydrogens (primary N) is 1. The number of phenolic OH excluding ortho intramolecular Hbond substituents is 1. The molecular formula is C87H114ClN13O20S2. The monoisotopic (exact) mass is 1760 g/mol. The molecule has 7 heterocycles. The number of esters is 1. The van der Waals surface area contributed by atoms with Crippen LogP contribution in [-0.4, -0.2) is 275 Å². The van der Waals surface area contributed by atoms with Crippen molar-refractivity contribution in [2.75, 3.05) is 84.5 Å². The zero-order valence-electron chi connectivity index (χ0n) is 70.9. The largest absolute Gasteiger partial charge is 0.508 e. The van der Waals surface area contributed by atoms with Crippen molar-refractivity contribution in [3.63, 3.8) is 0 Å². The Kier molecular flexibility index (Phi) is 31.8. The minimum atomic E-state index is -1.88. The molecule has 5 saturated heterocycles. The number of aromatic hydroxyl groups is 1. The SMILES string of the molecule is COc1cc2cc(c1Cl)N(C)C1(C)C[C@H](OC(=O)[C@@H](N(C)C(=O)CCSSCCC(=O)N3CCN(C(=O)CC[C@H]4C(=O)N[C@@H](Cc5ccc(O)cc5)C(=O)N[C@H](Cc5c[nH]c6ccccc56)C(=O)N[C@@H](CCCCN)C(=O)N[C@@H]([C@@H](C)O)C(=O)N[C@@H](Cc5ccccc5)C(=O)N4C)CC3)O1)[C@]1(C)O[C@H]1[C@H](C)[C@@H]1C[C@@](O)(NC(=O)O1)[C@H](OC)/C=C/C=C(\C)C2. The van der Waals surface area contributed by atoms with Crippen LogP contribution in [0.4, 0.5) is 10.5 Å². The fraction of sp³-hybridized carbons (Fsp3) is 0.529. The van der Waals surface area contributed by atoms with Crippen molar-refractivity contribution in [1.29, 1.82) is 0 Å². The highest BCUT2D eigenvalue weighted by atomic mass is 35.5. The molecular weight excluding hydrogens is 1650 g/mol. The number of alkyl carbamates (subject to hydrolysis) is 1. The van der Waals surface area contributed by atoms with E-state index in [1.54, 1.807) is 96.4 Å². The molecule has 6 aliphatic rings. The summed E-state index contributed by atoms with van der Waals surface area (Å²) >= 11 is 7.17. The highest BCUT2D eigenvalue weighted by Gasteiger charge is 2.66. The topological polar surface area (TPSA) is 437 Å². The number of aromatic nitrogens is 1. The lowest BCUT2D eigenvalue weighted by molar-refractivity contribution is -0.183. The summed E-state index contributed by atoms with van der Waals surface area (Å²) in [5.74, 6) is -6.75. The lowest BCUT2D eigenvalue weighted by atomic mass is 9.83. The number of H-pyrrole nitrogens is 1. The minimum Gasteiger partial charge on any atom is -0.508 e. The molecule has 6 aliphatic heterocycles. The van der Waals surface area contributed by atoms with Gasteiger partial charge in [-0.25, -0.2) is 9.59 Å². The smallest absolute Gasteiger partial charge is 0.409 e. The van der Waals surface area contributed by atoms with E-state index in [0.717, 1.165) is 26.9 Å². The van der Waals surface area contributed by atoms with Crippen molar-refractivity contribution in [3.05, 3.63) is 148 Å². The quantitative estimate of drug-likeness (QED) is 0.0168. The number of halogens is 1. The first-order valence-corrected chi connectivity index (χ1v) is 44.3. The Morgan fingerprint density at radius 3 is 2.02 bits per heavy atom. The van der Waals surface area contributed by atoms with Gasteiger partial charge in [-0.3, -0.25) is 48.5 Å². The molecule has 5 aromatic rings. The van der Waals surface area contributed by atoms with Crippen LogP contribution in [0.3, 0.4) is 0 Å². The summed E-state index contributed by atoms with van der Waals surface area (Å²) in [4.78, 5) is 171. The number of methoxy groups -OCH3 is 2. The van der Waals surface area contributed by atoms with Gasteiger partial charge in [0.1, 0.15) is 82.4 Å². The molecule has 0 saturated carbocycles. The van der Waals surface area contributed by atoms with Crippen LogP contribution in [0, 0.1) is 5.92 Å². The van der Waals surface area contributed by atoms with E-state index in [0.29, 0.717) is 53.1 Å². The Balaban J connectivity index is 0.745. The van der Waals surface area contributed by atoms with Crippen molar-refractivity contribution in [2.24, 2.45) is 11.7 Å². The number of unbranched alkanes of at least 4 members (excludes halogenated alkanes) is 1. The number of aromatic amines is 1. The van der Waals surface area contributed by atoms with Crippen LogP contribution in [0.1, 0.15) is 115 Å². The van der Waals surface area contributed by atoms with E-state index in [1.807, 2.05) is 56.3 Å². The number of hydrogen-bond acceptors (Lipinski definition) is 24. The first kappa shape index (κ1) is 93.7. The number of aliphatic hydroxyl groups excluding tert-OH is 1. The van der Waals surface area contributed by atoms with Crippen LogP contribution in [0.15, 0.2) is 121 Å². The highest BCUT2D eigenvalue weighted by Crippen LogP contribution is 2.52. The minimum absolute atomic E-state index is 0.0118. The molecule has 16 atom stereocenters. The summed E-state index contributed by atoms with van der Waals surface area (Å²) in [6, 6.07) is 16.6. The van der Waals surface area contributed by atoms with E-state index < -0.39 is 155 Å². The van der Waals surface area contributed by atoms with Gasteiger partial charge in [-0.05, 0) is 119 Å². The number of piperazine rings is 1. The van der Waals surface area contributed by atoms with Crippen LogP contribution < -0.4 is 47.3 Å². The lowest BCUT2D eigenvalue weighted by Gasteiger charge is -2.43. The van der Waals surface area contributed by atoms with Gasteiger partial charge in [-0.1, -0.05) is 125 Å². The Morgan fingerprint density at radius 2 is 1.35 bits per heavy atom. The van der Waals surface area contributed by atoms with Gasteiger partial charge in [0.05, 0.1) is 25.0 Å². The number of hydrogen-bond donors (Lipinski definition) is 11. The molecule has 4 aromatic carbocycles. The van der Waals surface area contributed by atoms with E-state index >= 15 is 14.4 Å². The molecule has 0 radical (unpaired) electrons. The molecule has 0 spiro atoms. The van der Waals surface area contributed by atoms with Crippen LogP contribution in [0.2, 0.25) is 5.02 Å². The zero-order valence-corrected chi connectivity index (χ0v) is 73.3. The molecule has 123 heavy (non-hydrogen) atoms. The summed E-state index contributed by atoms with van der Waals surface area (Å²) in [6.07, 6.45) is -0.569. The van der Waals surface area contributed by atoms with Crippen molar-refractivity contribution < 1.29 is 96.5 Å². The number of likely N-dealkylation sites (N-methyl/N-ethyl adjacent to an activating group) is 2. The van der Waals surface area contributed by atoms with Gasteiger partial charge >= 0.3 is 12.1 Å². The second-order valence-corrected chi connectivity index (χ2v) is 35.8. The number of ether oxygens (including phenoxy) is 6. The number of fused-ring (bicyclic) bond motifs is 9. The Morgan fingerprint density at radius 1 is 0.732 bits per heavy atom. The summed E-state index contributed by atoms with van der Waals surface area (Å²) < 4.78 is 37.1. The molecule has 1 aromatic heterocycles. The maximum absolute atomic E-state index is 15.4. The number of benzene rings is 4. The molecule has 5 fully saturated rings. The van der Waals surface area contributed by atoms with Gasteiger partial charge in [-0.15, -0.1) is 0 Å². The van der Waals surface area contributed by atoms with E-state index in [2.05, 4.69) is 36.9 Å². The van der Waals surface area contributed by atoms with Gasteiger partial charge < -0.3 is 106 Å². The average Bonchev–Trinajstić information content (AvgIpc) is 1.56. The van der Waals surface area contributed by atoms with Gasteiger partial charge in [0.25, 0.3) is 0 Å². The first-order chi connectivity index (χ1) is 58.6. The summed E-state index contributed by atoms with van der Waals surface area (Å²) in [7, 11) is 10.2. The summed E-state index contributed by atoms with van der Waals surface area (Å²) in [5, 5.41) is 50.9. The second-order valence-electron chi connectivity index (χ2n) is 32.8. The maximum Gasteiger partial charge on any atom is 0.409 e. The molecule has 6 bridgehead atoms. The molecule has 11 rings (SSSR count). The number of phenols is 1. The van der Waals surface area contributed by atoms with Gasteiger partial charge in [0, 0.05) is 140 Å². The third-order valence-corrected chi connectivity index (χ3v) is 26.7. The lowest BCUT2D eigenvalue weighted by Crippen LogP contribution is -2.63. The first-order valence-electron chi connectivity index (χ1n) is 41.5. The van der Waals surface area contributed by atoms with Crippen molar-refractivity contribution in [2.45, 2.75) is 208 Å². The maximum atomic E-state index is 15.4. The van der Waals surface area contributed by atoms with Crippen molar-refractivity contribution in [1.82, 2.24) is 56.5 Å². The summed E-state index contributed by atoms with van der Waals surface area (Å²) in [6.45, 7) is 9.38. The van der Waals surface area contributed by atoms with Gasteiger partial charge in [0.15, 0.2) is 5.72 Å². The van der Waals surface area contributed by atoms with E-state index in [-0.39, 0.29) is 119 Å². The number of carbonyl (C=O) groups is 11. The Labute approximate surface area is 728 Å². The Hall–Kier alpha value is -9.98. The Bertz CT molecular complexity index is 4710. The number of rotatable bonds is 24. The fourth-order valence-electron chi connectivity index (χ4n) is 16.5. The standard InChI is InChI=1S/C87H114ClN13O20S2/c1-50-19-18-25-68(117-10)87(115)47-67(118-84(114)96-87)51(2)75-86(5,120-75)69-48-85(4,99(8)65-44-55(41-50)45-66(116-9)73(65)88)121-82(83(113)119-69)98(7)70(104)32-39-122-123-40-33-72(106)101-37-35-100(36-38-101)71(105)31-30-64-79(110)93-61(42-54-26-28-57(103)29-27-54)77(108)92-62(46-56-49-90-59-23-15-14-22-58(56)59)78(109)91-60(24-16-17-34-89)76(107)95-74(52(3)102)80(111)94-63(81(112)97(64)6)43-53-20-12-11-13-21-53/h11-15,18-23,25-29,44-45,49,51-52,60-64,67-69,74-75,82,90,102-103,115H,16-17,24,30-43,46-48,89H2,1-10H3,(H,91,109)(H,92,108)(H,93,110)(H,94,111)(H,95,107)(H,96,114)/b25-18+,50-19+/t51-,52-,60+,61+,62-,63+,64+,67+,68-,69+,74+,75+,82+,85?,86+,87+/m1/s1. The normalized spacial score (nSPS) is 28.7. The summed E-state index contributed by atoms with van der Waals surface area (Å²) in [5.41, 5.74) is 5.91. The molecule has 666 valence electrons. The van der Waals surface area contributed by atoms with Crippen LogP contribution in [0.5, 0.6) is 11.5 Å². The van der Waals surface area contributed by atoms with E-state index in [4.69, 9.17) is 45.8 Å². The predicted octanol–water partition coefficient (Wildman–Crippen LogP) is 4.97. The number of nitrogens with zero attached hydrogens (tertiary/aromatic N) is 5.